The van der Waals surface area contributed by atoms with E-state index in [0.29, 0.717) is 18.9 Å². The third kappa shape index (κ3) is 4.46. The van der Waals surface area contributed by atoms with E-state index in [4.69, 9.17) is 4.74 Å². The van der Waals surface area contributed by atoms with Gasteiger partial charge in [-0.1, -0.05) is 30.0 Å². The Morgan fingerprint density at radius 2 is 2.00 bits per heavy atom. The van der Waals surface area contributed by atoms with Crippen molar-refractivity contribution in [3.05, 3.63) is 29.8 Å². The summed E-state index contributed by atoms with van der Waals surface area (Å²) >= 11 is 1.52. The molecule has 158 valence electrons. The summed E-state index contributed by atoms with van der Waals surface area (Å²) < 4.78 is 7.66. The van der Waals surface area contributed by atoms with Crippen molar-refractivity contribution in [2.45, 2.75) is 57.3 Å². The van der Waals surface area contributed by atoms with Gasteiger partial charge in [0.05, 0.1) is 16.9 Å². The highest BCUT2D eigenvalue weighted by molar-refractivity contribution is 8.00. The van der Waals surface area contributed by atoms with E-state index in [1.54, 1.807) is 4.90 Å². The van der Waals surface area contributed by atoms with Crippen LogP contribution in [0.3, 0.4) is 0 Å². The molecule has 0 saturated heterocycles. The monoisotopic (exact) mass is 417 g/mol. The summed E-state index contributed by atoms with van der Waals surface area (Å²) in [7, 11) is 2.00. The molecule has 0 spiro atoms. The molecule has 1 unspecified atom stereocenters. The summed E-state index contributed by atoms with van der Waals surface area (Å²) in [4.78, 5) is 28.0. The van der Waals surface area contributed by atoms with E-state index in [1.165, 1.54) is 11.8 Å². The Balaban J connectivity index is 1.96. The van der Waals surface area contributed by atoms with Gasteiger partial charge in [-0.15, -0.1) is 0 Å². The molecule has 1 aliphatic rings. The number of nitrogens with zero attached hydrogens (tertiary/aromatic N) is 2. The van der Waals surface area contributed by atoms with Gasteiger partial charge >= 0.3 is 0 Å². The zero-order chi connectivity index (χ0) is 21.1. The zero-order valence-corrected chi connectivity index (χ0v) is 18.7. The highest BCUT2D eigenvalue weighted by Crippen LogP contribution is 2.42. The van der Waals surface area contributed by atoms with Crippen molar-refractivity contribution in [2.75, 3.05) is 18.9 Å². The Bertz CT molecular complexity index is 891. The normalized spacial score (nSPS) is 17.1. The lowest BCUT2D eigenvalue weighted by molar-refractivity contribution is -0.140. The van der Waals surface area contributed by atoms with Gasteiger partial charge in [-0.3, -0.25) is 9.59 Å². The summed E-state index contributed by atoms with van der Waals surface area (Å²) in [6.45, 7) is 9.05. The summed E-state index contributed by atoms with van der Waals surface area (Å²) in [6, 6.07) is 7.38. The maximum absolute atomic E-state index is 13.4. The van der Waals surface area contributed by atoms with Crippen LogP contribution in [0.2, 0.25) is 0 Å². The predicted molar refractivity (Wildman–Crippen MR) is 117 cm³/mol. The van der Waals surface area contributed by atoms with Gasteiger partial charge in [0.2, 0.25) is 11.8 Å². The minimum Gasteiger partial charge on any atom is -0.379 e. The lowest BCUT2D eigenvalue weighted by Crippen LogP contribution is -2.47. The number of carbonyl (C=O) groups excluding carboxylic acids is 2. The lowest BCUT2D eigenvalue weighted by atomic mass is 10.0. The fourth-order valence-corrected chi connectivity index (χ4v) is 4.95. The van der Waals surface area contributed by atoms with E-state index in [-0.39, 0.29) is 24.0 Å². The molecular weight excluding hydrogens is 386 g/mol. The number of amides is 2. The quantitative estimate of drug-likeness (QED) is 0.701. The molecule has 29 heavy (non-hydrogen) atoms. The van der Waals surface area contributed by atoms with Crippen molar-refractivity contribution in [3.8, 4) is 0 Å². The van der Waals surface area contributed by atoms with E-state index >= 15 is 0 Å². The second kappa shape index (κ2) is 9.22. The van der Waals surface area contributed by atoms with Crippen molar-refractivity contribution in [3.63, 3.8) is 0 Å². The fourth-order valence-electron chi connectivity index (χ4n) is 3.87. The van der Waals surface area contributed by atoms with Gasteiger partial charge in [-0.05, 0) is 40.2 Å². The number of para-hydroxylation sites is 1. The summed E-state index contributed by atoms with van der Waals surface area (Å²) in [6.07, 6.45) is 0.917. The van der Waals surface area contributed by atoms with Gasteiger partial charge in [-0.25, -0.2) is 0 Å². The molecule has 3 rings (SSSR count). The van der Waals surface area contributed by atoms with Crippen molar-refractivity contribution >= 4 is 34.5 Å². The SMILES string of the molecule is CC(C)OCCCNC(=O)C1c2c(n(C)c3ccccc23)SCC(=O)N1C(C)C. The lowest BCUT2D eigenvalue weighted by Gasteiger charge is -2.33. The van der Waals surface area contributed by atoms with Gasteiger partial charge in [-0.2, -0.15) is 0 Å². The first kappa shape index (κ1) is 21.7. The van der Waals surface area contributed by atoms with Crippen LogP contribution in [0.5, 0.6) is 0 Å². The van der Waals surface area contributed by atoms with Crippen LogP contribution < -0.4 is 5.32 Å². The Hall–Kier alpha value is -1.99. The number of aryl methyl sites for hydroxylation is 1. The topological polar surface area (TPSA) is 63.6 Å². The minimum absolute atomic E-state index is 0.00595. The van der Waals surface area contributed by atoms with Crippen LogP contribution in [0.25, 0.3) is 10.9 Å². The number of carbonyl (C=O) groups is 2. The van der Waals surface area contributed by atoms with Crippen LogP contribution in [0.15, 0.2) is 29.3 Å². The zero-order valence-electron chi connectivity index (χ0n) is 17.9. The van der Waals surface area contributed by atoms with Crippen LogP contribution in [0.1, 0.15) is 45.7 Å². The molecule has 1 atom stereocenters. The second-order valence-electron chi connectivity index (χ2n) is 7.95. The van der Waals surface area contributed by atoms with E-state index in [1.807, 2.05) is 52.9 Å². The van der Waals surface area contributed by atoms with E-state index in [0.717, 1.165) is 27.9 Å². The standard InChI is InChI=1S/C22H31N3O3S/c1-14(2)25-18(26)13-29-22-19(16-9-6-7-10-17(16)24(22)5)20(25)21(27)23-11-8-12-28-15(3)4/h6-7,9-10,14-15,20H,8,11-13H2,1-5H3,(H,23,27). The van der Waals surface area contributed by atoms with Crippen LogP contribution in [0, 0.1) is 0 Å². The van der Waals surface area contributed by atoms with Gasteiger partial charge in [0, 0.05) is 42.7 Å². The summed E-state index contributed by atoms with van der Waals surface area (Å²) in [5.74, 6) is 0.201. The highest BCUT2D eigenvalue weighted by atomic mass is 32.2. The third-order valence-corrected chi connectivity index (χ3v) is 6.30. The molecule has 6 nitrogen and oxygen atoms in total. The van der Waals surface area contributed by atoms with Crippen LogP contribution in [0.4, 0.5) is 0 Å². The number of hydrogen-bond acceptors (Lipinski definition) is 4. The van der Waals surface area contributed by atoms with E-state index in [9.17, 15) is 9.59 Å². The molecule has 0 bridgehead atoms. The molecule has 7 heteroatoms. The number of nitrogens with one attached hydrogen (secondary N) is 1. The molecule has 1 aromatic carbocycles. The largest absolute Gasteiger partial charge is 0.379 e. The maximum Gasteiger partial charge on any atom is 0.247 e. The molecule has 0 fully saturated rings. The number of thioether (sulfide) groups is 1. The Labute approximate surface area is 177 Å². The molecule has 1 aliphatic heterocycles. The van der Waals surface area contributed by atoms with Crippen molar-refractivity contribution < 1.29 is 14.3 Å². The fraction of sp³-hybridized carbons (Fsp3) is 0.545. The molecule has 2 aromatic rings. The Morgan fingerprint density at radius 3 is 2.69 bits per heavy atom. The Morgan fingerprint density at radius 1 is 1.28 bits per heavy atom. The van der Waals surface area contributed by atoms with Gasteiger partial charge in [0.1, 0.15) is 6.04 Å². The molecule has 1 aromatic heterocycles. The first-order chi connectivity index (χ1) is 13.8. The van der Waals surface area contributed by atoms with Gasteiger partial charge < -0.3 is 19.5 Å². The summed E-state index contributed by atoms with van der Waals surface area (Å²) in [5.41, 5.74) is 2.01. The molecule has 0 saturated carbocycles. The highest BCUT2D eigenvalue weighted by Gasteiger charge is 2.39. The van der Waals surface area contributed by atoms with Crippen LogP contribution in [-0.4, -0.2) is 52.3 Å². The first-order valence-corrected chi connectivity index (χ1v) is 11.2. The first-order valence-electron chi connectivity index (χ1n) is 10.2. The average Bonchev–Trinajstić information content (AvgIpc) is 2.84. The van der Waals surface area contributed by atoms with E-state index < -0.39 is 6.04 Å². The molecule has 2 heterocycles. The van der Waals surface area contributed by atoms with Crippen molar-refractivity contribution in [1.29, 1.82) is 0 Å². The van der Waals surface area contributed by atoms with Crippen LogP contribution >= 0.6 is 11.8 Å². The molecule has 0 radical (unpaired) electrons. The minimum atomic E-state index is -0.635. The smallest absolute Gasteiger partial charge is 0.247 e. The number of rotatable bonds is 7. The third-order valence-electron chi connectivity index (χ3n) is 5.14. The molecule has 0 aliphatic carbocycles. The van der Waals surface area contributed by atoms with Crippen LogP contribution in [-0.2, 0) is 21.4 Å². The van der Waals surface area contributed by atoms with E-state index in [2.05, 4.69) is 16.0 Å². The number of benzene rings is 1. The number of hydrogen-bond donors (Lipinski definition) is 1. The number of fused-ring (bicyclic) bond motifs is 3. The molecular formula is C22H31N3O3S. The number of aromatic nitrogens is 1. The Kier molecular flexibility index (Phi) is 6.90. The molecule has 2 amide bonds. The van der Waals surface area contributed by atoms with Crippen molar-refractivity contribution in [1.82, 2.24) is 14.8 Å². The van der Waals surface area contributed by atoms with Crippen molar-refractivity contribution in [2.24, 2.45) is 7.05 Å². The van der Waals surface area contributed by atoms with Gasteiger partial charge in [0.25, 0.3) is 0 Å². The number of ether oxygens (including phenoxy) is 1. The average molecular weight is 418 g/mol. The predicted octanol–water partition coefficient (Wildman–Crippen LogP) is 3.49. The van der Waals surface area contributed by atoms with Gasteiger partial charge in [0.15, 0.2) is 0 Å². The maximum atomic E-state index is 13.4. The second-order valence-corrected chi connectivity index (χ2v) is 8.91. The molecule has 1 N–H and O–H groups in total. The summed E-state index contributed by atoms with van der Waals surface area (Å²) in [5, 5.41) is 5.06.